The van der Waals surface area contributed by atoms with Crippen LogP contribution in [0, 0.1) is 0 Å². The van der Waals surface area contributed by atoms with Crippen LogP contribution in [0.25, 0.3) is 11.4 Å². The lowest BCUT2D eigenvalue weighted by Gasteiger charge is -2.05. The van der Waals surface area contributed by atoms with Gasteiger partial charge in [0.1, 0.15) is 9.90 Å². The fourth-order valence-corrected chi connectivity index (χ4v) is 4.49. The van der Waals surface area contributed by atoms with Crippen LogP contribution in [0.2, 0.25) is 4.34 Å². The summed E-state index contributed by atoms with van der Waals surface area (Å²) < 4.78 is 29.0. The Bertz CT molecular complexity index is 890. The topological polar surface area (TPSA) is 76.9 Å². The van der Waals surface area contributed by atoms with Gasteiger partial charge in [-0.2, -0.15) is 5.10 Å². The van der Waals surface area contributed by atoms with Crippen LogP contribution in [-0.2, 0) is 16.6 Å². The van der Waals surface area contributed by atoms with Gasteiger partial charge in [-0.1, -0.05) is 17.7 Å². The van der Waals surface area contributed by atoms with Crippen molar-refractivity contribution in [3.05, 3.63) is 53.1 Å². The van der Waals surface area contributed by atoms with Gasteiger partial charge in [-0.05, 0) is 30.3 Å². The molecule has 23 heavy (non-hydrogen) atoms. The maximum absolute atomic E-state index is 12.1. The predicted molar refractivity (Wildman–Crippen MR) is 90.0 cm³/mol. The third-order valence-corrected chi connectivity index (χ3v) is 6.20. The van der Waals surface area contributed by atoms with Crippen molar-refractivity contribution in [2.24, 2.45) is 0 Å². The molecular weight excluding hydrogens is 356 g/mol. The number of nitrogens with zero attached hydrogens (tertiary/aromatic N) is 3. The SMILES string of the molecule is O=S(=O)(NCCn1ccc(-c2ccccn2)n1)c1ccc(Cl)s1. The molecular formula is C14H13ClN4O2S2. The van der Waals surface area contributed by atoms with Gasteiger partial charge in [0.25, 0.3) is 0 Å². The zero-order valence-corrected chi connectivity index (χ0v) is 14.3. The van der Waals surface area contributed by atoms with E-state index in [0.29, 0.717) is 10.9 Å². The molecule has 0 spiro atoms. The minimum absolute atomic E-state index is 0.206. The van der Waals surface area contributed by atoms with Gasteiger partial charge in [0, 0.05) is 18.9 Å². The second-order valence-electron chi connectivity index (χ2n) is 4.64. The summed E-state index contributed by atoms with van der Waals surface area (Å²) in [5, 5.41) is 4.38. The number of thiophene rings is 1. The van der Waals surface area contributed by atoms with Crippen LogP contribution in [0.3, 0.4) is 0 Å². The highest BCUT2D eigenvalue weighted by Gasteiger charge is 2.15. The smallest absolute Gasteiger partial charge is 0.250 e. The quantitative estimate of drug-likeness (QED) is 0.725. The van der Waals surface area contributed by atoms with Crippen LogP contribution < -0.4 is 4.72 Å². The lowest BCUT2D eigenvalue weighted by atomic mass is 10.3. The molecule has 1 N–H and O–H groups in total. The Balaban J connectivity index is 1.60. The molecule has 3 rings (SSSR count). The average Bonchev–Trinajstić information content (AvgIpc) is 3.17. The zero-order valence-electron chi connectivity index (χ0n) is 11.9. The van der Waals surface area contributed by atoms with Gasteiger partial charge < -0.3 is 0 Å². The van der Waals surface area contributed by atoms with Crippen LogP contribution in [0.4, 0.5) is 0 Å². The van der Waals surface area contributed by atoms with Gasteiger partial charge in [0.2, 0.25) is 10.0 Å². The maximum Gasteiger partial charge on any atom is 0.250 e. The number of pyridine rings is 1. The molecule has 0 saturated carbocycles. The number of halogens is 1. The number of hydrogen-bond acceptors (Lipinski definition) is 5. The Morgan fingerprint density at radius 3 is 2.74 bits per heavy atom. The molecule has 0 aliphatic heterocycles. The van der Waals surface area contributed by atoms with Crippen molar-refractivity contribution >= 4 is 33.0 Å². The summed E-state index contributed by atoms with van der Waals surface area (Å²) in [5.74, 6) is 0. The van der Waals surface area contributed by atoms with E-state index in [0.717, 1.165) is 22.7 Å². The molecule has 0 unspecified atom stereocenters. The van der Waals surface area contributed by atoms with E-state index in [1.54, 1.807) is 23.1 Å². The van der Waals surface area contributed by atoms with Crippen LogP contribution in [-0.4, -0.2) is 29.7 Å². The van der Waals surface area contributed by atoms with E-state index in [4.69, 9.17) is 11.6 Å². The Labute approximate surface area is 142 Å². The number of hydrogen-bond donors (Lipinski definition) is 1. The molecule has 0 aromatic carbocycles. The third-order valence-electron chi connectivity index (χ3n) is 3.01. The molecule has 0 saturated heterocycles. The first-order chi connectivity index (χ1) is 11.0. The number of nitrogens with one attached hydrogen (secondary N) is 1. The standard InChI is InChI=1S/C14H13ClN4O2S2/c15-13-4-5-14(22-13)23(20,21)17-8-10-19-9-6-12(18-19)11-3-1-2-7-16-11/h1-7,9,17H,8,10H2. The summed E-state index contributed by atoms with van der Waals surface area (Å²) in [6.45, 7) is 0.659. The maximum atomic E-state index is 12.1. The van der Waals surface area contributed by atoms with Gasteiger partial charge in [-0.25, -0.2) is 13.1 Å². The highest BCUT2D eigenvalue weighted by atomic mass is 35.5. The van der Waals surface area contributed by atoms with Gasteiger partial charge >= 0.3 is 0 Å². The summed E-state index contributed by atoms with van der Waals surface area (Å²) >= 11 is 6.79. The van der Waals surface area contributed by atoms with E-state index in [9.17, 15) is 8.42 Å². The first-order valence-electron chi connectivity index (χ1n) is 6.74. The number of aromatic nitrogens is 3. The molecule has 0 atom stereocenters. The monoisotopic (exact) mass is 368 g/mol. The van der Waals surface area contributed by atoms with Crippen molar-refractivity contribution in [1.82, 2.24) is 19.5 Å². The van der Waals surface area contributed by atoms with Gasteiger partial charge in [0.05, 0.1) is 16.6 Å². The molecule has 6 nitrogen and oxygen atoms in total. The van der Waals surface area contributed by atoms with E-state index in [2.05, 4.69) is 14.8 Å². The number of rotatable bonds is 6. The van der Waals surface area contributed by atoms with E-state index >= 15 is 0 Å². The van der Waals surface area contributed by atoms with Crippen molar-refractivity contribution in [3.8, 4) is 11.4 Å². The van der Waals surface area contributed by atoms with Crippen LogP contribution >= 0.6 is 22.9 Å². The highest BCUT2D eigenvalue weighted by molar-refractivity contribution is 7.91. The molecule has 3 aromatic rings. The summed E-state index contributed by atoms with van der Waals surface area (Å²) in [7, 11) is -3.52. The van der Waals surface area contributed by atoms with Gasteiger partial charge in [-0.15, -0.1) is 11.3 Å². The van der Waals surface area contributed by atoms with Crippen LogP contribution in [0.1, 0.15) is 0 Å². The molecule has 0 radical (unpaired) electrons. The molecule has 9 heteroatoms. The first-order valence-corrected chi connectivity index (χ1v) is 9.42. The summed E-state index contributed by atoms with van der Waals surface area (Å²) in [6, 6.07) is 10.5. The van der Waals surface area contributed by atoms with Crippen LogP contribution in [0.15, 0.2) is 53.0 Å². The predicted octanol–water partition coefficient (Wildman–Crippen LogP) is 2.64. The summed E-state index contributed by atoms with van der Waals surface area (Å²) in [6.07, 6.45) is 3.50. The second-order valence-corrected chi connectivity index (χ2v) is 8.34. The van der Waals surface area contributed by atoms with Gasteiger partial charge in [-0.3, -0.25) is 9.67 Å². The number of sulfonamides is 1. The normalized spacial score (nSPS) is 11.7. The molecule has 0 amide bonds. The largest absolute Gasteiger partial charge is 0.271 e. The van der Waals surface area contributed by atoms with Crippen LogP contribution in [0.5, 0.6) is 0 Å². The third kappa shape index (κ3) is 3.97. The van der Waals surface area contributed by atoms with E-state index in [1.807, 2.05) is 24.3 Å². The average molecular weight is 369 g/mol. The van der Waals surface area contributed by atoms with Crippen molar-refractivity contribution in [1.29, 1.82) is 0 Å². The summed E-state index contributed by atoms with van der Waals surface area (Å²) in [5.41, 5.74) is 1.53. The van der Waals surface area contributed by atoms with E-state index < -0.39 is 10.0 Å². The lowest BCUT2D eigenvalue weighted by molar-refractivity contribution is 0.563. The molecule has 120 valence electrons. The summed E-state index contributed by atoms with van der Waals surface area (Å²) in [4.78, 5) is 4.23. The highest BCUT2D eigenvalue weighted by Crippen LogP contribution is 2.25. The Morgan fingerprint density at radius 2 is 2.04 bits per heavy atom. The molecule has 0 fully saturated rings. The fraction of sp³-hybridized carbons (Fsp3) is 0.143. The molecule has 3 aromatic heterocycles. The Morgan fingerprint density at radius 1 is 1.17 bits per heavy atom. The van der Waals surface area contributed by atoms with E-state index in [1.165, 1.54) is 6.07 Å². The van der Waals surface area contributed by atoms with Gasteiger partial charge in [0.15, 0.2) is 0 Å². The molecule has 0 bridgehead atoms. The first kappa shape index (κ1) is 16.1. The van der Waals surface area contributed by atoms with Crippen molar-refractivity contribution in [2.45, 2.75) is 10.8 Å². The van der Waals surface area contributed by atoms with Crippen molar-refractivity contribution in [2.75, 3.05) is 6.54 Å². The van der Waals surface area contributed by atoms with E-state index in [-0.39, 0.29) is 10.8 Å². The minimum atomic E-state index is -3.52. The second kappa shape index (κ2) is 6.79. The minimum Gasteiger partial charge on any atom is -0.271 e. The molecule has 0 aliphatic carbocycles. The fourth-order valence-electron chi connectivity index (χ4n) is 1.94. The molecule has 0 aliphatic rings. The zero-order chi connectivity index (χ0) is 16.3. The van der Waals surface area contributed by atoms with Crippen molar-refractivity contribution in [3.63, 3.8) is 0 Å². The Hall–Kier alpha value is -1.74. The molecule has 3 heterocycles. The lowest BCUT2D eigenvalue weighted by Crippen LogP contribution is -2.27. The van der Waals surface area contributed by atoms with Crippen molar-refractivity contribution < 1.29 is 8.42 Å². The Kier molecular flexibility index (Phi) is 4.76.